The number of benzene rings is 1. The second-order valence-corrected chi connectivity index (χ2v) is 3.48. The zero-order valence-corrected chi connectivity index (χ0v) is 8.98. The first kappa shape index (κ1) is 12.4. The zero-order valence-electron chi connectivity index (χ0n) is 8.98. The van der Waals surface area contributed by atoms with Crippen molar-refractivity contribution in [2.45, 2.75) is 13.0 Å². The molecule has 0 aliphatic heterocycles. The van der Waals surface area contributed by atoms with Gasteiger partial charge in [-0.1, -0.05) is 12.1 Å². The molecule has 1 atom stereocenters. The van der Waals surface area contributed by atoms with Gasteiger partial charge in [0.05, 0.1) is 6.10 Å². The minimum atomic E-state index is -0.577. The van der Waals surface area contributed by atoms with Crippen LogP contribution in [0, 0.1) is 5.82 Å². The molecule has 0 saturated heterocycles. The smallest absolute Gasteiger partial charge is 0.244 e. The van der Waals surface area contributed by atoms with Crippen molar-refractivity contribution in [2.24, 2.45) is 0 Å². The molecule has 1 amide bonds. The molecule has 0 saturated carbocycles. The van der Waals surface area contributed by atoms with E-state index in [0.717, 1.165) is 0 Å². The van der Waals surface area contributed by atoms with Gasteiger partial charge in [0, 0.05) is 12.6 Å². The molecule has 4 heteroatoms. The highest BCUT2D eigenvalue weighted by molar-refractivity contribution is 5.91. The van der Waals surface area contributed by atoms with E-state index in [1.54, 1.807) is 19.1 Å². The summed E-state index contributed by atoms with van der Waals surface area (Å²) in [4.78, 5) is 11.2. The van der Waals surface area contributed by atoms with Crippen LogP contribution < -0.4 is 5.32 Å². The third-order valence-electron chi connectivity index (χ3n) is 1.85. The van der Waals surface area contributed by atoms with Crippen molar-refractivity contribution in [3.8, 4) is 0 Å². The Bertz CT molecular complexity index is 388. The van der Waals surface area contributed by atoms with Crippen LogP contribution in [0.5, 0.6) is 0 Å². The molecule has 0 heterocycles. The van der Waals surface area contributed by atoms with Gasteiger partial charge in [0.15, 0.2) is 0 Å². The van der Waals surface area contributed by atoms with E-state index in [1.165, 1.54) is 24.3 Å². The van der Waals surface area contributed by atoms with Crippen LogP contribution in [0.4, 0.5) is 4.39 Å². The number of amides is 1. The van der Waals surface area contributed by atoms with Crippen molar-refractivity contribution in [2.75, 3.05) is 6.54 Å². The Morgan fingerprint density at radius 2 is 2.38 bits per heavy atom. The molecule has 0 spiro atoms. The number of halogens is 1. The van der Waals surface area contributed by atoms with Crippen LogP contribution in [0.1, 0.15) is 12.5 Å². The fraction of sp³-hybridized carbons (Fsp3) is 0.250. The average molecular weight is 223 g/mol. The average Bonchev–Trinajstić information content (AvgIpc) is 2.23. The van der Waals surface area contributed by atoms with E-state index in [1.807, 2.05) is 0 Å². The van der Waals surface area contributed by atoms with Crippen LogP contribution in [-0.2, 0) is 4.79 Å². The van der Waals surface area contributed by atoms with Gasteiger partial charge in [-0.25, -0.2) is 4.39 Å². The molecule has 86 valence electrons. The minimum Gasteiger partial charge on any atom is -0.392 e. The minimum absolute atomic E-state index is 0.201. The lowest BCUT2D eigenvalue weighted by Gasteiger charge is -2.03. The molecule has 1 rings (SSSR count). The maximum atomic E-state index is 12.8. The molecule has 1 aromatic carbocycles. The molecular weight excluding hydrogens is 209 g/mol. The van der Waals surface area contributed by atoms with Gasteiger partial charge in [0.2, 0.25) is 5.91 Å². The Morgan fingerprint density at radius 1 is 1.62 bits per heavy atom. The van der Waals surface area contributed by atoms with Crippen molar-refractivity contribution in [1.29, 1.82) is 0 Å². The van der Waals surface area contributed by atoms with E-state index in [-0.39, 0.29) is 18.3 Å². The van der Waals surface area contributed by atoms with E-state index >= 15 is 0 Å². The third kappa shape index (κ3) is 4.70. The van der Waals surface area contributed by atoms with Gasteiger partial charge in [-0.3, -0.25) is 4.79 Å². The molecule has 0 unspecified atom stereocenters. The summed E-state index contributed by atoms with van der Waals surface area (Å²) in [6.07, 6.45) is 2.24. The number of hydrogen-bond donors (Lipinski definition) is 2. The predicted octanol–water partition coefficient (Wildman–Crippen LogP) is 1.34. The van der Waals surface area contributed by atoms with Crippen LogP contribution in [0.2, 0.25) is 0 Å². The summed E-state index contributed by atoms with van der Waals surface area (Å²) in [6, 6.07) is 5.94. The van der Waals surface area contributed by atoms with Gasteiger partial charge in [-0.15, -0.1) is 0 Å². The summed E-state index contributed by atoms with van der Waals surface area (Å²) in [7, 11) is 0. The van der Waals surface area contributed by atoms with Crippen LogP contribution in [-0.4, -0.2) is 23.7 Å². The maximum Gasteiger partial charge on any atom is 0.244 e. The van der Waals surface area contributed by atoms with Crippen molar-refractivity contribution >= 4 is 12.0 Å². The molecule has 1 aromatic rings. The Morgan fingerprint density at radius 3 is 3.00 bits per heavy atom. The summed E-state index contributed by atoms with van der Waals surface area (Å²) in [5, 5.41) is 11.4. The molecule has 0 aromatic heterocycles. The van der Waals surface area contributed by atoms with Gasteiger partial charge in [0.1, 0.15) is 5.82 Å². The van der Waals surface area contributed by atoms with E-state index in [4.69, 9.17) is 5.11 Å². The summed E-state index contributed by atoms with van der Waals surface area (Å²) in [5.74, 6) is -0.656. The summed E-state index contributed by atoms with van der Waals surface area (Å²) < 4.78 is 12.8. The van der Waals surface area contributed by atoms with E-state index in [9.17, 15) is 9.18 Å². The number of nitrogens with one attached hydrogen (secondary N) is 1. The lowest BCUT2D eigenvalue weighted by molar-refractivity contribution is -0.116. The first-order valence-corrected chi connectivity index (χ1v) is 4.97. The first-order chi connectivity index (χ1) is 7.58. The molecule has 0 radical (unpaired) electrons. The molecule has 0 aliphatic carbocycles. The van der Waals surface area contributed by atoms with Gasteiger partial charge >= 0.3 is 0 Å². The number of carbonyl (C=O) groups is 1. The Hall–Kier alpha value is -1.68. The predicted molar refractivity (Wildman–Crippen MR) is 60.1 cm³/mol. The van der Waals surface area contributed by atoms with Gasteiger partial charge in [0.25, 0.3) is 0 Å². The lowest BCUT2D eigenvalue weighted by atomic mass is 10.2. The topological polar surface area (TPSA) is 49.3 Å². The second kappa shape index (κ2) is 6.02. The van der Waals surface area contributed by atoms with Gasteiger partial charge < -0.3 is 10.4 Å². The highest BCUT2D eigenvalue weighted by atomic mass is 19.1. The molecule has 0 fully saturated rings. The number of aliphatic hydroxyl groups excluding tert-OH is 1. The largest absolute Gasteiger partial charge is 0.392 e. The molecule has 2 N–H and O–H groups in total. The number of aliphatic hydroxyl groups is 1. The van der Waals surface area contributed by atoms with Crippen LogP contribution >= 0.6 is 0 Å². The third-order valence-corrected chi connectivity index (χ3v) is 1.85. The van der Waals surface area contributed by atoms with Crippen LogP contribution in [0.25, 0.3) is 6.08 Å². The highest BCUT2D eigenvalue weighted by Crippen LogP contribution is 2.04. The molecule has 0 bridgehead atoms. The number of rotatable bonds is 4. The van der Waals surface area contributed by atoms with Crippen molar-refractivity contribution in [3.63, 3.8) is 0 Å². The summed E-state index contributed by atoms with van der Waals surface area (Å²) in [5.41, 5.74) is 0.618. The SMILES string of the molecule is C[C@H](O)CNC(=O)/C=C/c1cccc(F)c1. The van der Waals surface area contributed by atoms with E-state index < -0.39 is 6.10 Å². The van der Waals surface area contributed by atoms with Crippen molar-refractivity contribution < 1.29 is 14.3 Å². The molecular formula is C12H14FNO2. The number of hydrogen-bond acceptors (Lipinski definition) is 2. The standard InChI is InChI=1S/C12H14FNO2/c1-9(15)8-14-12(16)6-5-10-3-2-4-11(13)7-10/h2-7,9,15H,8H2,1H3,(H,14,16)/b6-5+/t9-/m0/s1. The van der Waals surface area contributed by atoms with E-state index in [0.29, 0.717) is 5.56 Å². The van der Waals surface area contributed by atoms with Gasteiger partial charge in [-0.2, -0.15) is 0 Å². The quantitative estimate of drug-likeness (QED) is 0.757. The van der Waals surface area contributed by atoms with Gasteiger partial charge in [-0.05, 0) is 30.7 Å². The first-order valence-electron chi connectivity index (χ1n) is 4.97. The highest BCUT2D eigenvalue weighted by Gasteiger charge is 1.98. The lowest BCUT2D eigenvalue weighted by Crippen LogP contribution is -2.28. The molecule has 3 nitrogen and oxygen atoms in total. The van der Waals surface area contributed by atoms with Crippen LogP contribution in [0.3, 0.4) is 0 Å². The Labute approximate surface area is 93.6 Å². The van der Waals surface area contributed by atoms with Crippen LogP contribution in [0.15, 0.2) is 30.3 Å². The fourth-order valence-electron chi connectivity index (χ4n) is 1.09. The molecule has 16 heavy (non-hydrogen) atoms. The van der Waals surface area contributed by atoms with Crippen molar-refractivity contribution in [1.82, 2.24) is 5.32 Å². The zero-order chi connectivity index (χ0) is 12.0. The summed E-state index contributed by atoms with van der Waals surface area (Å²) >= 11 is 0. The summed E-state index contributed by atoms with van der Waals surface area (Å²) in [6.45, 7) is 1.78. The second-order valence-electron chi connectivity index (χ2n) is 3.48. The molecule has 0 aliphatic rings. The van der Waals surface area contributed by atoms with Crippen molar-refractivity contribution in [3.05, 3.63) is 41.7 Å². The monoisotopic (exact) mass is 223 g/mol. The Kier molecular flexibility index (Phi) is 4.66. The fourth-order valence-corrected chi connectivity index (χ4v) is 1.09. The van der Waals surface area contributed by atoms with E-state index in [2.05, 4.69) is 5.32 Å². The maximum absolute atomic E-state index is 12.8. The Balaban J connectivity index is 2.50. The number of carbonyl (C=O) groups excluding carboxylic acids is 1. The normalized spacial score (nSPS) is 12.7.